The first-order valence-corrected chi connectivity index (χ1v) is 7.20. The molecule has 1 aromatic carbocycles. The van der Waals surface area contributed by atoms with Crippen LogP contribution in [-0.2, 0) is 0 Å². The molecule has 0 atom stereocenters. The largest absolute Gasteiger partial charge is 0.493 e. The van der Waals surface area contributed by atoms with Gasteiger partial charge in [0.05, 0.1) is 18.7 Å². The van der Waals surface area contributed by atoms with Gasteiger partial charge in [0.2, 0.25) is 0 Å². The van der Waals surface area contributed by atoms with Crippen LogP contribution in [-0.4, -0.2) is 48.1 Å². The van der Waals surface area contributed by atoms with Crippen molar-refractivity contribution in [2.45, 2.75) is 33.2 Å². The topological polar surface area (TPSA) is 49.8 Å². The van der Waals surface area contributed by atoms with E-state index >= 15 is 0 Å². The third-order valence-corrected chi connectivity index (χ3v) is 3.17. The summed E-state index contributed by atoms with van der Waals surface area (Å²) in [6.45, 7) is 7.77. The fourth-order valence-electron chi connectivity index (χ4n) is 2.04. The van der Waals surface area contributed by atoms with E-state index in [1.54, 1.807) is 6.07 Å². The van der Waals surface area contributed by atoms with Crippen molar-refractivity contribution in [3.05, 3.63) is 29.8 Å². The van der Waals surface area contributed by atoms with Gasteiger partial charge in [-0.25, -0.2) is 0 Å². The standard InChI is InChI=1S/C16H25NO3/c1-4-20-16-9-6-5-8-14(16)15(19)12-17(13(2)3)10-7-11-18/h5-6,8-9,13,18H,4,7,10-12H2,1-3H3. The first kappa shape index (κ1) is 16.7. The van der Waals surface area contributed by atoms with Gasteiger partial charge in [-0.3, -0.25) is 9.69 Å². The van der Waals surface area contributed by atoms with Crippen molar-refractivity contribution in [2.24, 2.45) is 0 Å². The highest BCUT2D eigenvalue weighted by molar-refractivity contribution is 6.00. The normalized spacial score (nSPS) is 11.1. The Hall–Kier alpha value is -1.39. The lowest BCUT2D eigenvalue weighted by Crippen LogP contribution is -2.37. The van der Waals surface area contributed by atoms with Crippen molar-refractivity contribution in [1.82, 2.24) is 4.90 Å². The predicted octanol–water partition coefficient (Wildman–Crippen LogP) is 2.36. The summed E-state index contributed by atoms with van der Waals surface area (Å²) in [4.78, 5) is 14.5. The number of carbonyl (C=O) groups excluding carboxylic acids is 1. The summed E-state index contributed by atoms with van der Waals surface area (Å²) < 4.78 is 5.50. The van der Waals surface area contributed by atoms with Crippen LogP contribution in [0.1, 0.15) is 37.6 Å². The molecule has 20 heavy (non-hydrogen) atoms. The van der Waals surface area contributed by atoms with Gasteiger partial charge in [0.25, 0.3) is 0 Å². The SMILES string of the molecule is CCOc1ccccc1C(=O)CN(CCCO)C(C)C. The number of ketones is 1. The molecule has 1 rings (SSSR count). The Morgan fingerprint density at radius 1 is 1.35 bits per heavy atom. The number of rotatable bonds is 9. The lowest BCUT2D eigenvalue weighted by atomic mass is 10.1. The first-order valence-electron chi connectivity index (χ1n) is 7.20. The molecule has 0 aromatic heterocycles. The Morgan fingerprint density at radius 3 is 2.65 bits per heavy atom. The van der Waals surface area contributed by atoms with Crippen LogP contribution >= 0.6 is 0 Å². The van der Waals surface area contributed by atoms with Crippen molar-refractivity contribution < 1.29 is 14.6 Å². The van der Waals surface area contributed by atoms with Crippen LogP contribution in [0.2, 0.25) is 0 Å². The highest BCUT2D eigenvalue weighted by atomic mass is 16.5. The molecule has 0 aliphatic carbocycles. The maximum absolute atomic E-state index is 12.4. The van der Waals surface area contributed by atoms with Gasteiger partial charge >= 0.3 is 0 Å². The van der Waals surface area contributed by atoms with Crippen molar-refractivity contribution in [1.29, 1.82) is 0 Å². The molecule has 0 heterocycles. The second-order valence-corrected chi connectivity index (χ2v) is 4.99. The number of ether oxygens (including phenoxy) is 1. The number of para-hydroxylation sites is 1. The molecule has 1 aromatic rings. The number of carbonyl (C=O) groups is 1. The number of hydrogen-bond donors (Lipinski definition) is 1. The minimum absolute atomic E-state index is 0.0562. The van der Waals surface area contributed by atoms with E-state index in [2.05, 4.69) is 18.7 Å². The molecule has 0 spiro atoms. The Labute approximate surface area is 121 Å². The molecule has 0 unspecified atom stereocenters. The molecule has 0 aliphatic rings. The number of nitrogens with zero attached hydrogens (tertiary/aromatic N) is 1. The van der Waals surface area contributed by atoms with Gasteiger partial charge in [0.15, 0.2) is 5.78 Å². The Kier molecular flexibility index (Phi) is 7.26. The van der Waals surface area contributed by atoms with Crippen LogP contribution in [0, 0.1) is 0 Å². The van der Waals surface area contributed by atoms with E-state index in [9.17, 15) is 4.79 Å². The van der Waals surface area contributed by atoms with E-state index in [1.807, 2.05) is 25.1 Å². The second kappa shape index (κ2) is 8.72. The van der Waals surface area contributed by atoms with E-state index in [0.29, 0.717) is 30.9 Å². The van der Waals surface area contributed by atoms with E-state index in [1.165, 1.54) is 0 Å². The maximum Gasteiger partial charge on any atom is 0.180 e. The number of aliphatic hydroxyl groups is 1. The summed E-state index contributed by atoms with van der Waals surface area (Å²) in [5.74, 6) is 0.701. The van der Waals surface area contributed by atoms with E-state index < -0.39 is 0 Å². The zero-order valence-corrected chi connectivity index (χ0v) is 12.6. The summed E-state index contributed by atoms with van der Waals surface area (Å²) in [6, 6.07) is 7.61. The van der Waals surface area contributed by atoms with Gasteiger partial charge < -0.3 is 9.84 Å². The fraction of sp³-hybridized carbons (Fsp3) is 0.562. The number of aliphatic hydroxyl groups excluding tert-OH is 1. The highest BCUT2D eigenvalue weighted by Gasteiger charge is 2.17. The third kappa shape index (κ3) is 4.94. The summed E-state index contributed by atoms with van der Waals surface area (Å²) in [6.07, 6.45) is 0.679. The average molecular weight is 279 g/mol. The minimum Gasteiger partial charge on any atom is -0.493 e. The van der Waals surface area contributed by atoms with Crippen LogP contribution in [0.3, 0.4) is 0 Å². The van der Waals surface area contributed by atoms with E-state index in [-0.39, 0.29) is 18.4 Å². The summed E-state index contributed by atoms with van der Waals surface area (Å²) in [5.41, 5.74) is 0.629. The Bertz CT molecular complexity index is 418. The molecule has 4 nitrogen and oxygen atoms in total. The average Bonchev–Trinajstić information content (AvgIpc) is 2.43. The molecule has 0 fully saturated rings. The third-order valence-electron chi connectivity index (χ3n) is 3.17. The lowest BCUT2D eigenvalue weighted by molar-refractivity contribution is 0.0893. The van der Waals surface area contributed by atoms with Crippen molar-refractivity contribution in [2.75, 3.05) is 26.3 Å². The second-order valence-electron chi connectivity index (χ2n) is 4.99. The van der Waals surface area contributed by atoms with Crippen LogP contribution in [0.15, 0.2) is 24.3 Å². The van der Waals surface area contributed by atoms with Gasteiger partial charge in [-0.2, -0.15) is 0 Å². The molecule has 4 heteroatoms. The van der Waals surface area contributed by atoms with Crippen molar-refractivity contribution in [3.63, 3.8) is 0 Å². The van der Waals surface area contributed by atoms with Crippen molar-refractivity contribution >= 4 is 5.78 Å². The summed E-state index contributed by atoms with van der Waals surface area (Å²) in [7, 11) is 0. The van der Waals surface area contributed by atoms with Gasteiger partial charge in [-0.1, -0.05) is 12.1 Å². The molecule has 0 saturated heterocycles. The van der Waals surface area contributed by atoms with Gasteiger partial charge in [0, 0.05) is 19.2 Å². The quantitative estimate of drug-likeness (QED) is 0.705. The van der Waals surface area contributed by atoms with E-state index in [4.69, 9.17) is 9.84 Å². The van der Waals surface area contributed by atoms with Crippen LogP contribution < -0.4 is 4.74 Å². The predicted molar refractivity (Wildman–Crippen MR) is 80.4 cm³/mol. The van der Waals surface area contributed by atoms with Crippen LogP contribution in [0.5, 0.6) is 5.75 Å². The first-order chi connectivity index (χ1) is 9.60. The molecule has 1 N–H and O–H groups in total. The van der Waals surface area contributed by atoms with E-state index in [0.717, 1.165) is 6.54 Å². The molecular weight excluding hydrogens is 254 g/mol. The van der Waals surface area contributed by atoms with Crippen molar-refractivity contribution in [3.8, 4) is 5.75 Å². The summed E-state index contributed by atoms with van der Waals surface area (Å²) >= 11 is 0. The molecule has 112 valence electrons. The molecule has 0 saturated carbocycles. The molecular formula is C16H25NO3. The fourth-order valence-corrected chi connectivity index (χ4v) is 2.04. The monoisotopic (exact) mass is 279 g/mol. The van der Waals surface area contributed by atoms with Gasteiger partial charge in [-0.15, -0.1) is 0 Å². The zero-order valence-electron chi connectivity index (χ0n) is 12.6. The number of Topliss-reactive ketones (excluding diaryl/α,β-unsaturated/α-hetero) is 1. The molecule has 0 radical (unpaired) electrons. The van der Waals surface area contributed by atoms with Gasteiger partial charge in [-0.05, 0) is 39.3 Å². The maximum atomic E-state index is 12.4. The van der Waals surface area contributed by atoms with Crippen LogP contribution in [0.4, 0.5) is 0 Å². The molecule has 0 bridgehead atoms. The molecule has 0 amide bonds. The molecule has 0 aliphatic heterocycles. The summed E-state index contributed by atoms with van der Waals surface area (Å²) in [5, 5.41) is 8.93. The lowest BCUT2D eigenvalue weighted by Gasteiger charge is -2.25. The minimum atomic E-state index is 0.0562. The smallest absolute Gasteiger partial charge is 0.180 e. The number of hydrogen-bond acceptors (Lipinski definition) is 4. The Morgan fingerprint density at radius 2 is 2.05 bits per heavy atom. The number of benzene rings is 1. The highest BCUT2D eigenvalue weighted by Crippen LogP contribution is 2.19. The van der Waals surface area contributed by atoms with Crippen LogP contribution in [0.25, 0.3) is 0 Å². The Balaban J connectivity index is 2.78. The van der Waals surface area contributed by atoms with Gasteiger partial charge in [0.1, 0.15) is 5.75 Å². The zero-order chi connectivity index (χ0) is 15.0.